The second-order valence-electron chi connectivity index (χ2n) is 2.33. The normalized spacial score (nSPS) is 9.30. The van der Waals surface area contributed by atoms with Crippen molar-refractivity contribution in [3.63, 3.8) is 0 Å². The molecule has 1 rings (SSSR count). The first-order chi connectivity index (χ1) is 4.70. The van der Waals surface area contributed by atoms with E-state index in [0.29, 0.717) is 5.75 Å². The summed E-state index contributed by atoms with van der Waals surface area (Å²) in [6.45, 7) is 5.71. The van der Waals surface area contributed by atoms with E-state index in [-0.39, 0.29) is 0 Å². The zero-order valence-electron chi connectivity index (χ0n) is 5.96. The van der Waals surface area contributed by atoms with E-state index in [2.05, 4.69) is 6.58 Å². The summed E-state index contributed by atoms with van der Waals surface area (Å²) in [4.78, 5) is 0. The third-order valence-electron chi connectivity index (χ3n) is 1.36. The molecule has 0 heterocycles. The van der Waals surface area contributed by atoms with Gasteiger partial charge >= 0.3 is 0 Å². The summed E-state index contributed by atoms with van der Waals surface area (Å²) in [6, 6.07) is 7.00. The number of benzene rings is 1. The van der Waals surface area contributed by atoms with Crippen LogP contribution in [0.1, 0.15) is 12.5 Å². The van der Waals surface area contributed by atoms with Gasteiger partial charge in [0.2, 0.25) is 0 Å². The Morgan fingerprint density at radius 1 is 1.30 bits per heavy atom. The first-order valence-electron chi connectivity index (χ1n) is 3.15. The second kappa shape index (κ2) is 2.56. The van der Waals surface area contributed by atoms with Crippen molar-refractivity contribution in [2.24, 2.45) is 0 Å². The van der Waals surface area contributed by atoms with Crippen LogP contribution in [0.3, 0.4) is 0 Å². The average Bonchev–Trinajstić information content (AvgIpc) is 1.88. The molecule has 0 fully saturated rings. The third-order valence-corrected chi connectivity index (χ3v) is 1.36. The van der Waals surface area contributed by atoms with Crippen LogP contribution < -0.4 is 0 Å². The quantitative estimate of drug-likeness (QED) is 0.625. The number of aromatic hydroxyl groups is 1. The Bertz CT molecular complexity index is 233. The van der Waals surface area contributed by atoms with Gasteiger partial charge in [-0.05, 0) is 24.6 Å². The Morgan fingerprint density at radius 2 is 1.80 bits per heavy atom. The van der Waals surface area contributed by atoms with Crippen LogP contribution in [0, 0.1) is 0 Å². The van der Waals surface area contributed by atoms with Gasteiger partial charge in [-0.1, -0.05) is 24.3 Å². The lowest BCUT2D eigenvalue weighted by Gasteiger charge is -1.97. The molecule has 1 nitrogen and oxygen atoms in total. The molecule has 0 saturated heterocycles. The summed E-state index contributed by atoms with van der Waals surface area (Å²) in [6.07, 6.45) is 0. The number of phenols is 1. The van der Waals surface area contributed by atoms with E-state index >= 15 is 0 Å². The highest BCUT2D eigenvalue weighted by molar-refractivity contribution is 5.61. The highest BCUT2D eigenvalue weighted by Crippen LogP contribution is 2.14. The third kappa shape index (κ3) is 1.38. The molecule has 0 radical (unpaired) electrons. The monoisotopic (exact) mass is 134 g/mol. The van der Waals surface area contributed by atoms with E-state index in [4.69, 9.17) is 5.11 Å². The van der Waals surface area contributed by atoms with Crippen LogP contribution in [0.5, 0.6) is 5.75 Å². The van der Waals surface area contributed by atoms with Gasteiger partial charge in [0.1, 0.15) is 5.75 Å². The smallest absolute Gasteiger partial charge is 0.115 e. The zero-order chi connectivity index (χ0) is 7.56. The fourth-order valence-corrected chi connectivity index (χ4v) is 0.746. The van der Waals surface area contributed by atoms with Crippen molar-refractivity contribution in [3.8, 4) is 5.75 Å². The van der Waals surface area contributed by atoms with E-state index < -0.39 is 0 Å². The van der Waals surface area contributed by atoms with E-state index in [1.165, 1.54) is 0 Å². The zero-order valence-corrected chi connectivity index (χ0v) is 5.96. The van der Waals surface area contributed by atoms with Gasteiger partial charge in [0.05, 0.1) is 0 Å². The maximum atomic E-state index is 8.91. The molecule has 0 aromatic heterocycles. The molecule has 0 atom stereocenters. The maximum absolute atomic E-state index is 8.91. The van der Waals surface area contributed by atoms with Crippen LogP contribution in [0.2, 0.25) is 0 Å². The molecule has 0 spiro atoms. The fourth-order valence-electron chi connectivity index (χ4n) is 0.746. The summed E-state index contributed by atoms with van der Waals surface area (Å²) in [5.41, 5.74) is 2.08. The predicted molar refractivity (Wildman–Crippen MR) is 42.8 cm³/mol. The van der Waals surface area contributed by atoms with Crippen molar-refractivity contribution in [2.45, 2.75) is 6.92 Å². The first-order valence-corrected chi connectivity index (χ1v) is 3.15. The largest absolute Gasteiger partial charge is 0.508 e. The van der Waals surface area contributed by atoms with Gasteiger partial charge in [-0.3, -0.25) is 0 Å². The lowest BCUT2D eigenvalue weighted by molar-refractivity contribution is 0.475. The molecule has 0 unspecified atom stereocenters. The fraction of sp³-hybridized carbons (Fsp3) is 0.111. The maximum Gasteiger partial charge on any atom is 0.115 e. The van der Waals surface area contributed by atoms with Gasteiger partial charge in [0.25, 0.3) is 0 Å². The Kier molecular flexibility index (Phi) is 1.76. The van der Waals surface area contributed by atoms with Gasteiger partial charge in [-0.2, -0.15) is 0 Å². The average molecular weight is 134 g/mol. The van der Waals surface area contributed by atoms with Crippen molar-refractivity contribution in [1.29, 1.82) is 0 Å². The number of rotatable bonds is 1. The van der Waals surface area contributed by atoms with Gasteiger partial charge in [-0.25, -0.2) is 0 Å². The SMILES string of the molecule is C=C(C)c1ccc(O)cc1. The van der Waals surface area contributed by atoms with Crippen molar-refractivity contribution in [2.75, 3.05) is 0 Å². The van der Waals surface area contributed by atoms with Crippen molar-refractivity contribution in [3.05, 3.63) is 36.4 Å². The Morgan fingerprint density at radius 3 is 2.20 bits per heavy atom. The van der Waals surface area contributed by atoms with E-state index in [1.54, 1.807) is 12.1 Å². The molecule has 1 aromatic carbocycles. The van der Waals surface area contributed by atoms with E-state index in [9.17, 15) is 0 Å². The molecule has 10 heavy (non-hydrogen) atoms. The van der Waals surface area contributed by atoms with Crippen molar-refractivity contribution >= 4 is 5.57 Å². The topological polar surface area (TPSA) is 20.2 Å². The van der Waals surface area contributed by atoms with Gasteiger partial charge < -0.3 is 5.11 Å². The molecule has 0 bridgehead atoms. The minimum Gasteiger partial charge on any atom is -0.508 e. The molecule has 0 aliphatic heterocycles. The van der Waals surface area contributed by atoms with E-state index in [0.717, 1.165) is 11.1 Å². The minimum absolute atomic E-state index is 0.296. The highest BCUT2D eigenvalue weighted by atomic mass is 16.3. The molecule has 1 N–H and O–H groups in total. The Labute approximate surface area is 60.6 Å². The minimum atomic E-state index is 0.296. The molecule has 0 aliphatic carbocycles. The summed E-state index contributed by atoms with van der Waals surface area (Å²) >= 11 is 0. The summed E-state index contributed by atoms with van der Waals surface area (Å²) in [5.74, 6) is 0.296. The molecule has 1 aromatic rings. The van der Waals surface area contributed by atoms with E-state index in [1.807, 2.05) is 19.1 Å². The number of phenolic OH excluding ortho intramolecular Hbond substituents is 1. The van der Waals surface area contributed by atoms with Gasteiger partial charge in [-0.15, -0.1) is 0 Å². The Balaban J connectivity index is 3.00. The molecule has 52 valence electrons. The van der Waals surface area contributed by atoms with Crippen molar-refractivity contribution in [1.82, 2.24) is 0 Å². The van der Waals surface area contributed by atoms with Crippen LogP contribution in [0.4, 0.5) is 0 Å². The summed E-state index contributed by atoms with van der Waals surface area (Å²) in [7, 11) is 0. The molecular formula is C9H10O. The molecule has 0 saturated carbocycles. The van der Waals surface area contributed by atoms with Crippen LogP contribution >= 0.6 is 0 Å². The van der Waals surface area contributed by atoms with Gasteiger partial charge in [0, 0.05) is 0 Å². The molecular weight excluding hydrogens is 124 g/mol. The van der Waals surface area contributed by atoms with Crippen LogP contribution in [-0.2, 0) is 0 Å². The predicted octanol–water partition coefficient (Wildman–Crippen LogP) is 2.43. The number of hydrogen-bond acceptors (Lipinski definition) is 1. The highest BCUT2D eigenvalue weighted by Gasteiger charge is 1.90. The lowest BCUT2D eigenvalue weighted by atomic mass is 10.1. The standard InChI is InChI=1S/C9H10O/c1-7(2)8-3-5-9(10)6-4-8/h3-6,10H,1H2,2H3. The van der Waals surface area contributed by atoms with Crippen LogP contribution in [-0.4, -0.2) is 5.11 Å². The summed E-state index contributed by atoms with van der Waals surface area (Å²) in [5, 5.41) is 8.91. The second-order valence-corrected chi connectivity index (χ2v) is 2.33. The lowest BCUT2D eigenvalue weighted by Crippen LogP contribution is -1.74. The van der Waals surface area contributed by atoms with Gasteiger partial charge in [0.15, 0.2) is 0 Å². The number of hydrogen-bond donors (Lipinski definition) is 1. The Hall–Kier alpha value is -1.24. The van der Waals surface area contributed by atoms with Crippen LogP contribution in [0.15, 0.2) is 30.8 Å². The molecule has 0 aliphatic rings. The van der Waals surface area contributed by atoms with Crippen LogP contribution in [0.25, 0.3) is 5.57 Å². The summed E-state index contributed by atoms with van der Waals surface area (Å²) < 4.78 is 0. The molecule has 1 heteroatoms. The first kappa shape index (κ1) is 6.87. The number of allylic oxidation sites excluding steroid dienone is 1. The van der Waals surface area contributed by atoms with Crippen molar-refractivity contribution < 1.29 is 5.11 Å². The molecule has 0 amide bonds.